The lowest BCUT2D eigenvalue weighted by atomic mass is 10.1. The summed E-state index contributed by atoms with van der Waals surface area (Å²) < 4.78 is 13.5. The fourth-order valence-electron chi connectivity index (χ4n) is 3.15. The first-order valence-electron chi connectivity index (χ1n) is 9.71. The van der Waals surface area contributed by atoms with Gasteiger partial charge in [0, 0.05) is 36.7 Å². The quantitative estimate of drug-likeness (QED) is 0.272. The van der Waals surface area contributed by atoms with E-state index in [2.05, 4.69) is 20.6 Å². The topological polar surface area (TPSA) is 72.4 Å². The second-order valence-corrected chi connectivity index (χ2v) is 6.71. The molecule has 3 aromatic rings. The van der Waals surface area contributed by atoms with E-state index in [1.807, 2.05) is 25.3 Å². The molecule has 0 fully saturated rings. The second-order valence-electron chi connectivity index (χ2n) is 6.71. The van der Waals surface area contributed by atoms with Crippen molar-refractivity contribution in [2.45, 2.75) is 26.2 Å². The van der Waals surface area contributed by atoms with Crippen LogP contribution in [0.2, 0.25) is 0 Å². The normalized spacial score (nSPS) is 11.7. The number of phenols is 1. The Labute approximate surface area is 164 Å². The number of nitrogens with one attached hydrogen (secondary N) is 3. The lowest BCUT2D eigenvalue weighted by Gasteiger charge is -2.11. The molecule has 5 nitrogen and oxygen atoms in total. The number of halogens is 1. The number of aryl methyl sites for hydroxylation is 1. The molecule has 1 heterocycles. The third-order valence-corrected chi connectivity index (χ3v) is 4.59. The Morgan fingerprint density at radius 1 is 1.11 bits per heavy atom. The van der Waals surface area contributed by atoms with Crippen LogP contribution in [0.1, 0.15) is 24.5 Å². The molecule has 0 radical (unpaired) electrons. The Morgan fingerprint density at radius 3 is 2.71 bits per heavy atom. The number of hydrogen-bond donors (Lipinski definition) is 4. The van der Waals surface area contributed by atoms with Crippen molar-refractivity contribution in [3.63, 3.8) is 0 Å². The van der Waals surface area contributed by atoms with Gasteiger partial charge in [-0.1, -0.05) is 12.1 Å². The molecule has 0 spiro atoms. The fourth-order valence-corrected chi connectivity index (χ4v) is 3.15. The van der Waals surface area contributed by atoms with Crippen molar-refractivity contribution in [3.05, 3.63) is 65.6 Å². The lowest BCUT2D eigenvalue weighted by molar-refractivity contribution is 0.475. The van der Waals surface area contributed by atoms with Crippen LogP contribution in [0.3, 0.4) is 0 Å². The molecule has 4 N–H and O–H groups in total. The van der Waals surface area contributed by atoms with Gasteiger partial charge in [0.1, 0.15) is 11.6 Å². The number of aromatic amines is 1. The molecule has 6 heteroatoms. The maximum atomic E-state index is 13.5. The van der Waals surface area contributed by atoms with E-state index < -0.39 is 0 Å². The van der Waals surface area contributed by atoms with E-state index >= 15 is 0 Å². The Kier molecular flexibility index (Phi) is 6.89. The van der Waals surface area contributed by atoms with Crippen molar-refractivity contribution in [3.8, 4) is 5.75 Å². The van der Waals surface area contributed by atoms with Crippen LogP contribution >= 0.6 is 0 Å². The number of aromatic nitrogens is 1. The molecule has 0 saturated heterocycles. The van der Waals surface area contributed by atoms with Crippen LogP contribution in [0.5, 0.6) is 5.75 Å². The van der Waals surface area contributed by atoms with Gasteiger partial charge in [-0.2, -0.15) is 0 Å². The largest absolute Gasteiger partial charge is 0.508 e. The Hall–Kier alpha value is -3.02. The van der Waals surface area contributed by atoms with E-state index in [1.165, 1.54) is 11.6 Å². The number of benzene rings is 2. The predicted molar refractivity (Wildman–Crippen MR) is 112 cm³/mol. The summed E-state index contributed by atoms with van der Waals surface area (Å²) in [4.78, 5) is 7.80. The Bertz CT molecular complexity index is 918. The molecule has 0 amide bonds. The molecule has 1 aromatic heterocycles. The molecule has 0 unspecified atom stereocenters. The highest BCUT2D eigenvalue weighted by molar-refractivity contribution is 5.83. The summed E-state index contributed by atoms with van der Waals surface area (Å²) in [5.41, 5.74) is 3.23. The van der Waals surface area contributed by atoms with Gasteiger partial charge >= 0.3 is 0 Å². The first kappa shape index (κ1) is 19.7. The number of fused-ring (bicyclic) bond motifs is 1. The standard InChI is InChI=1S/C22H27FN4O/c1-2-24-22(25-12-3-4-16-5-8-19(28)9-6-16)26-13-11-17-15-27-21-10-7-18(23)14-20(17)21/h5-10,14-15,27-28H,2-4,11-13H2,1H3,(H2,24,25,26). The Balaban J connectivity index is 1.48. The van der Waals surface area contributed by atoms with Crippen molar-refractivity contribution in [2.75, 3.05) is 19.6 Å². The zero-order valence-corrected chi connectivity index (χ0v) is 16.1. The minimum Gasteiger partial charge on any atom is -0.508 e. The van der Waals surface area contributed by atoms with Gasteiger partial charge < -0.3 is 20.7 Å². The average Bonchev–Trinajstić information content (AvgIpc) is 3.08. The summed E-state index contributed by atoms with van der Waals surface area (Å²) in [5, 5.41) is 16.8. The molecule has 0 aliphatic rings. The second kappa shape index (κ2) is 9.78. The van der Waals surface area contributed by atoms with E-state index in [0.29, 0.717) is 18.8 Å². The van der Waals surface area contributed by atoms with Crippen LogP contribution in [-0.2, 0) is 12.8 Å². The highest BCUT2D eigenvalue weighted by Crippen LogP contribution is 2.19. The van der Waals surface area contributed by atoms with E-state index in [-0.39, 0.29) is 5.82 Å². The van der Waals surface area contributed by atoms with Crippen LogP contribution < -0.4 is 10.6 Å². The van der Waals surface area contributed by atoms with E-state index in [0.717, 1.165) is 48.2 Å². The number of aliphatic imine (C=N–C) groups is 1. The smallest absolute Gasteiger partial charge is 0.191 e. The van der Waals surface area contributed by atoms with Gasteiger partial charge in [-0.05, 0) is 67.6 Å². The molecular weight excluding hydrogens is 355 g/mol. The maximum Gasteiger partial charge on any atom is 0.191 e. The monoisotopic (exact) mass is 382 g/mol. The molecule has 0 bridgehead atoms. The molecule has 148 valence electrons. The van der Waals surface area contributed by atoms with E-state index in [4.69, 9.17) is 0 Å². The minimum atomic E-state index is -0.218. The maximum absolute atomic E-state index is 13.5. The van der Waals surface area contributed by atoms with Crippen molar-refractivity contribution in [1.82, 2.24) is 15.6 Å². The van der Waals surface area contributed by atoms with Gasteiger partial charge in [0.2, 0.25) is 0 Å². The molecule has 28 heavy (non-hydrogen) atoms. The number of rotatable bonds is 8. The number of guanidine groups is 1. The molecule has 0 saturated carbocycles. The number of phenolic OH excluding ortho intramolecular Hbond substituents is 1. The lowest BCUT2D eigenvalue weighted by Crippen LogP contribution is -2.38. The highest BCUT2D eigenvalue weighted by Gasteiger charge is 2.05. The van der Waals surface area contributed by atoms with Crippen molar-refractivity contribution in [1.29, 1.82) is 0 Å². The average molecular weight is 382 g/mol. The molecule has 2 aromatic carbocycles. The van der Waals surface area contributed by atoms with Gasteiger partial charge in [-0.25, -0.2) is 4.39 Å². The zero-order valence-electron chi connectivity index (χ0n) is 16.1. The van der Waals surface area contributed by atoms with Gasteiger partial charge in [0.15, 0.2) is 5.96 Å². The van der Waals surface area contributed by atoms with E-state index in [1.54, 1.807) is 24.3 Å². The first-order chi connectivity index (χ1) is 13.7. The Morgan fingerprint density at radius 2 is 1.93 bits per heavy atom. The van der Waals surface area contributed by atoms with Crippen LogP contribution in [0.15, 0.2) is 53.7 Å². The summed E-state index contributed by atoms with van der Waals surface area (Å²) in [6.45, 7) is 4.26. The van der Waals surface area contributed by atoms with Crippen LogP contribution in [0.25, 0.3) is 10.9 Å². The summed E-state index contributed by atoms with van der Waals surface area (Å²) in [5.74, 6) is 0.863. The number of nitrogens with zero attached hydrogens (tertiary/aromatic N) is 1. The number of aromatic hydroxyl groups is 1. The molecular formula is C22H27FN4O. The molecule has 0 aliphatic carbocycles. The molecule has 0 aliphatic heterocycles. The predicted octanol–water partition coefficient (Wildman–Crippen LogP) is 3.74. The fraction of sp³-hybridized carbons (Fsp3) is 0.318. The third-order valence-electron chi connectivity index (χ3n) is 4.59. The van der Waals surface area contributed by atoms with Crippen molar-refractivity contribution >= 4 is 16.9 Å². The summed E-state index contributed by atoms with van der Waals surface area (Å²) in [6, 6.07) is 12.1. The van der Waals surface area contributed by atoms with Gasteiger partial charge in [0.25, 0.3) is 0 Å². The first-order valence-corrected chi connectivity index (χ1v) is 9.71. The van der Waals surface area contributed by atoms with Crippen molar-refractivity contribution in [2.24, 2.45) is 4.99 Å². The van der Waals surface area contributed by atoms with Gasteiger partial charge in [0.05, 0.1) is 0 Å². The molecule has 3 rings (SSSR count). The van der Waals surface area contributed by atoms with Crippen LogP contribution in [0, 0.1) is 5.82 Å². The van der Waals surface area contributed by atoms with Crippen LogP contribution in [0.4, 0.5) is 4.39 Å². The van der Waals surface area contributed by atoms with Gasteiger partial charge in [-0.15, -0.1) is 0 Å². The number of hydrogen-bond acceptors (Lipinski definition) is 2. The zero-order chi connectivity index (χ0) is 19.8. The van der Waals surface area contributed by atoms with Crippen molar-refractivity contribution < 1.29 is 9.50 Å². The SMILES string of the molecule is CCNC(=NCCCc1ccc(O)cc1)NCCc1c[nH]c2ccc(F)cc12. The third kappa shape index (κ3) is 5.49. The molecule has 0 atom stereocenters. The van der Waals surface area contributed by atoms with Crippen LogP contribution in [-0.4, -0.2) is 35.7 Å². The highest BCUT2D eigenvalue weighted by atomic mass is 19.1. The summed E-state index contributed by atoms with van der Waals surface area (Å²) >= 11 is 0. The summed E-state index contributed by atoms with van der Waals surface area (Å²) in [7, 11) is 0. The summed E-state index contributed by atoms with van der Waals surface area (Å²) in [6.07, 6.45) is 4.57. The minimum absolute atomic E-state index is 0.218. The number of H-pyrrole nitrogens is 1. The van der Waals surface area contributed by atoms with Gasteiger partial charge in [-0.3, -0.25) is 4.99 Å². The van der Waals surface area contributed by atoms with E-state index in [9.17, 15) is 9.50 Å².